The van der Waals surface area contributed by atoms with E-state index in [2.05, 4.69) is 63.0 Å². The predicted octanol–water partition coefficient (Wildman–Crippen LogP) is 4.60. The lowest BCUT2D eigenvalue weighted by atomic mass is 9.87. The molecule has 0 aliphatic carbocycles. The minimum Gasteiger partial charge on any atom is -0.385 e. The van der Waals surface area contributed by atoms with Crippen molar-refractivity contribution in [2.24, 2.45) is 5.92 Å². The Hall–Kier alpha value is 0.140. The van der Waals surface area contributed by atoms with Gasteiger partial charge in [-0.05, 0) is 36.0 Å². The molecule has 16 heavy (non-hydrogen) atoms. The molecule has 0 saturated heterocycles. The lowest BCUT2D eigenvalue weighted by Gasteiger charge is -2.22. The lowest BCUT2D eigenvalue weighted by molar-refractivity contribution is 0.176. The summed E-state index contributed by atoms with van der Waals surface area (Å²) in [4.78, 5) is 0. The number of halogens is 2. The van der Waals surface area contributed by atoms with Gasteiger partial charge in [-0.2, -0.15) is 0 Å². The van der Waals surface area contributed by atoms with Crippen molar-refractivity contribution in [3.05, 3.63) is 34.3 Å². The standard InChI is InChI=1S/C13H18Br2O/c1-10(6-7-16-2)13(9-14)11-4-3-5-12(15)8-11/h3-5,8,10,13H,6-7,9H2,1-2H3. The second-order valence-corrected chi connectivity index (χ2v) is 5.64. The molecule has 1 nitrogen and oxygen atoms in total. The summed E-state index contributed by atoms with van der Waals surface area (Å²) >= 11 is 7.13. The van der Waals surface area contributed by atoms with E-state index >= 15 is 0 Å². The lowest BCUT2D eigenvalue weighted by Crippen LogP contribution is -2.13. The summed E-state index contributed by atoms with van der Waals surface area (Å²) in [6.07, 6.45) is 1.10. The molecule has 0 saturated carbocycles. The fraction of sp³-hybridized carbons (Fsp3) is 0.538. The number of benzene rings is 1. The highest BCUT2D eigenvalue weighted by Gasteiger charge is 2.18. The van der Waals surface area contributed by atoms with Crippen LogP contribution < -0.4 is 0 Å². The van der Waals surface area contributed by atoms with Crippen molar-refractivity contribution in [2.45, 2.75) is 19.3 Å². The first kappa shape index (κ1) is 14.2. The minimum atomic E-state index is 0.549. The van der Waals surface area contributed by atoms with Gasteiger partial charge in [-0.15, -0.1) is 0 Å². The fourth-order valence-electron chi connectivity index (χ4n) is 1.81. The van der Waals surface area contributed by atoms with Gasteiger partial charge in [-0.3, -0.25) is 0 Å². The topological polar surface area (TPSA) is 9.23 Å². The molecule has 90 valence electrons. The van der Waals surface area contributed by atoms with Gasteiger partial charge in [0.1, 0.15) is 0 Å². The highest BCUT2D eigenvalue weighted by molar-refractivity contribution is 9.10. The van der Waals surface area contributed by atoms with Gasteiger partial charge >= 0.3 is 0 Å². The average molecular weight is 350 g/mol. The maximum Gasteiger partial charge on any atom is 0.0465 e. The molecule has 0 amide bonds. The molecule has 1 rings (SSSR count). The first-order chi connectivity index (χ1) is 7.69. The van der Waals surface area contributed by atoms with Crippen LogP contribution in [0.2, 0.25) is 0 Å². The van der Waals surface area contributed by atoms with Gasteiger partial charge < -0.3 is 4.74 Å². The molecule has 2 atom stereocenters. The van der Waals surface area contributed by atoms with E-state index in [1.165, 1.54) is 5.56 Å². The molecule has 3 heteroatoms. The van der Waals surface area contributed by atoms with E-state index in [1.807, 2.05) is 0 Å². The molecular weight excluding hydrogens is 332 g/mol. The molecule has 1 aromatic carbocycles. The van der Waals surface area contributed by atoms with E-state index in [9.17, 15) is 0 Å². The molecule has 2 unspecified atom stereocenters. The first-order valence-electron chi connectivity index (χ1n) is 5.49. The maximum atomic E-state index is 5.14. The van der Waals surface area contributed by atoms with E-state index in [0.29, 0.717) is 11.8 Å². The van der Waals surface area contributed by atoms with Crippen molar-refractivity contribution in [3.63, 3.8) is 0 Å². The van der Waals surface area contributed by atoms with Crippen LogP contribution in [-0.2, 0) is 4.74 Å². The Morgan fingerprint density at radius 3 is 2.69 bits per heavy atom. The van der Waals surface area contributed by atoms with Crippen LogP contribution in [0.5, 0.6) is 0 Å². The third kappa shape index (κ3) is 4.19. The normalized spacial score (nSPS) is 14.8. The smallest absolute Gasteiger partial charge is 0.0465 e. The number of methoxy groups -OCH3 is 1. The van der Waals surface area contributed by atoms with E-state index < -0.39 is 0 Å². The first-order valence-corrected chi connectivity index (χ1v) is 7.40. The molecule has 1 aromatic rings. The highest BCUT2D eigenvalue weighted by atomic mass is 79.9. The number of hydrogen-bond acceptors (Lipinski definition) is 1. The van der Waals surface area contributed by atoms with E-state index in [1.54, 1.807) is 7.11 Å². The molecule has 0 fully saturated rings. The van der Waals surface area contributed by atoms with Crippen molar-refractivity contribution in [2.75, 3.05) is 19.0 Å². The van der Waals surface area contributed by atoms with Crippen molar-refractivity contribution in [3.8, 4) is 0 Å². The van der Waals surface area contributed by atoms with Gasteiger partial charge in [-0.1, -0.05) is 50.9 Å². The minimum absolute atomic E-state index is 0.549. The van der Waals surface area contributed by atoms with Crippen LogP contribution in [-0.4, -0.2) is 19.0 Å². The number of alkyl halides is 1. The Kier molecular flexibility index (Phi) is 6.62. The number of hydrogen-bond donors (Lipinski definition) is 0. The highest BCUT2D eigenvalue weighted by Crippen LogP contribution is 2.30. The maximum absolute atomic E-state index is 5.14. The average Bonchev–Trinajstić information content (AvgIpc) is 2.27. The quantitative estimate of drug-likeness (QED) is 0.682. The molecule has 0 heterocycles. The predicted molar refractivity (Wildman–Crippen MR) is 76.3 cm³/mol. The summed E-state index contributed by atoms with van der Waals surface area (Å²) in [5.41, 5.74) is 1.38. The molecule has 0 aliphatic heterocycles. The summed E-state index contributed by atoms with van der Waals surface area (Å²) in [6, 6.07) is 8.56. The Morgan fingerprint density at radius 1 is 1.38 bits per heavy atom. The Bertz CT molecular complexity index is 315. The zero-order valence-electron chi connectivity index (χ0n) is 9.75. The molecule has 0 N–H and O–H groups in total. The second-order valence-electron chi connectivity index (χ2n) is 4.07. The van der Waals surface area contributed by atoms with Crippen LogP contribution in [0.4, 0.5) is 0 Å². The SMILES string of the molecule is COCCC(C)C(CBr)c1cccc(Br)c1. The molecular formula is C13H18Br2O. The van der Waals surface area contributed by atoms with Crippen LogP contribution >= 0.6 is 31.9 Å². The summed E-state index contributed by atoms with van der Waals surface area (Å²) in [6.45, 7) is 3.12. The van der Waals surface area contributed by atoms with E-state index in [4.69, 9.17) is 4.74 Å². The zero-order chi connectivity index (χ0) is 12.0. The summed E-state index contributed by atoms with van der Waals surface area (Å²) < 4.78 is 6.29. The van der Waals surface area contributed by atoms with Gasteiger partial charge in [0, 0.05) is 23.5 Å². The third-order valence-corrected chi connectivity index (χ3v) is 4.10. The van der Waals surface area contributed by atoms with Crippen molar-refractivity contribution in [1.82, 2.24) is 0 Å². The van der Waals surface area contributed by atoms with Crippen molar-refractivity contribution >= 4 is 31.9 Å². The number of rotatable bonds is 6. The fourth-order valence-corrected chi connectivity index (χ4v) is 3.24. The van der Waals surface area contributed by atoms with Gasteiger partial charge in [0.2, 0.25) is 0 Å². The van der Waals surface area contributed by atoms with E-state index in [0.717, 1.165) is 22.8 Å². The van der Waals surface area contributed by atoms with Gasteiger partial charge in [0.25, 0.3) is 0 Å². The summed E-state index contributed by atoms with van der Waals surface area (Å²) in [5, 5.41) is 0.994. The Balaban J connectivity index is 2.73. The summed E-state index contributed by atoms with van der Waals surface area (Å²) in [5.74, 6) is 1.17. The van der Waals surface area contributed by atoms with Gasteiger partial charge in [-0.25, -0.2) is 0 Å². The van der Waals surface area contributed by atoms with Crippen LogP contribution in [0.3, 0.4) is 0 Å². The molecule has 0 aromatic heterocycles. The van der Waals surface area contributed by atoms with Crippen LogP contribution in [0.25, 0.3) is 0 Å². The molecule has 0 bridgehead atoms. The Morgan fingerprint density at radius 2 is 2.12 bits per heavy atom. The van der Waals surface area contributed by atoms with Gasteiger partial charge in [0.05, 0.1) is 0 Å². The van der Waals surface area contributed by atoms with E-state index in [-0.39, 0.29) is 0 Å². The van der Waals surface area contributed by atoms with Crippen LogP contribution in [0.1, 0.15) is 24.8 Å². The number of ether oxygens (including phenoxy) is 1. The van der Waals surface area contributed by atoms with Crippen molar-refractivity contribution in [1.29, 1.82) is 0 Å². The molecule has 0 radical (unpaired) electrons. The largest absolute Gasteiger partial charge is 0.385 e. The van der Waals surface area contributed by atoms with Gasteiger partial charge in [0.15, 0.2) is 0 Å². The second kappa shape index (κ2) is 7.46. The summed E-state index contributed by atoms with van der Waals surface area (Å²) in [7, 11) is 1.76. The van der Waals surface area contributed by atoms with Crippen LogP contribution in [0.15, 0.2) is 28.7 Å². The molecule has 0 aliphatic rings. The zero-order valence-corrected chi connectivity index (χ0v) is 12.9. The van der Waals surface area contributed by atoms with Crippen molar-refractivity contribution < 1.29 is 4.74 Å². The molecule has 0 spiro atoms. The third-order valence-electron chi connectivity index (χ3n) is 2.91. The Labute approximate surface area is 115 Å². The van der Waals surface area contributed by atoms with Crippen LogP contribution in [0, 0.1) is 5.92 Å². The monoisotopic (exact) mass is 348 g/mol.